The van der Waals surface area contributed by atoms with E-state index in [9.17, 15) is 0 Å². The summed E-state index contributed by atoms with van der Waals surface area (Å²) in [6.45, 7) is 4.43. The molecular weight excluding hydrogens is 352 g/mol. The maximum atomic E-state index is 2.64. The van der Waals surface area contributed by atoms with E-state index in [0.717, 1.165) is 0 Å². The largest absolute Gasteiger partial charge is 0.290 e. The van der Waals surface area contributed by atoms with E-state index in [0.29, 0.717) is 6.04 Å². The van der Waals surface area contributed by atoms with Gasteiger partial charge in [0.05, 0.1) is 12.6 Å². The predicted octanol–water partition coefficient (Wildman–Crippen LogP) is 6.53. The fourth-order valence-electron chi connectivity index (χ4n) is 5.01. The first-order valence-corrected chi connectivity index (χ1v) is 10.8. The molecule has 0 unspecified atom stereocenters. The average Bonchev–Trinajstić information content (AvgIpc) is 3.36. The Hall–Kier alpha value is -2.87. The summed E-state index contributed by atoms with van der Waals surface area (Å²) in [7, 11) is 2.23. The maximum absolute atomic E-state index is 2.64. The predicted molar refractivity (Wildman–Crippen MR) is 121 cm³/mol. The van der Waals surface area contributed by atoms with E-state index in [1.54, 1.807) is 0 Å². The summed E-state index contributed by atoms with van der Waals surface area (Å²) in [5, 5.41) is 0. The highest BCUT2D eigenvalue weighted by Gasteiger charge is 2.32. The van der Waals surface area contributed by atoms with Gasteiger partial charge in [-0.15, -0.1) is 0 Å². The molecule has 1 aromatic heterocycles. The van der Waals surface area contributed by atoms with Crippen LogP contribution in [0.25, 0.3) is 33.5 Å². The quantitative estimate of drug-likeness (QED) is 0.357. The van der Waals surface area contributed by atoms with Crippen molar-refractivity contribution >= 4 is 11.0 Å². The monoisotopic (exact) mass is 381 g/mol. The van der Waals surface area contributed by atoms with Gasteiger partial charge >= 0.3 is 0 Å². The second-order valence-corrected chi connectivity index (χ2v) is 8.58. The molecule has 1 heterocycles. The minimum absolute atomic E-state index is 0.594. The van der Waals surface area contributed by atoms with Gasteiger partial charge in [-0.3, -0.25) is 0 Å². The topological polar surface area (TPSA) is 8.81 Å². The molecule has 0 amide bonds. The summed E-state index contributed by atoms with van der Waals surface area (Å²) in [5.74, 6) is 1.34. The number of aromatic nitrogens is 2. The summed E-state index contributed by atoms with van der Waals surface area (Å²) in [4.78, 5) is 0. The minimum atomic E-state index is 0.594. The lowest BCUT2D eigenvalue weighted by atomic mass is 9.99. The summed E-state index contributed by atoms with van der Waals surface area (Å²) >= 11 is 0. The third kappa shape index (κ3) is 3.07. The summed E-state index contributed by atoms with van der Waals surface area (Å²) in [6.07, 6.45) is 5.23. The third-order valence-electron chi connectivity index (χ3n) is 6.57. The number of benzene rings is 3. The van der Waals surface area contributed by atoms with E-state index in [2.05, 4.69) is 96.8 Å². The Balaban J connectivity index is 1.79. The maximum Gasteiger partial charge on any atom is 0.290 e. The van der Waals surface area contributed by atoms with Crippen molar-refractivity contribution in [3.63, 3.8) is 0 Å². The van der Waals surface area contributed by atoms with Gasteiger partial charge in [0.25, 0.3) is 5.82 Å². The van der Waals surface area contributed by atoms with E-state index in [4.69, 9.17) is 0 Å². The molecule has 29 heavy (non-hydrogen) atoms. The Morgan fingerprint density at radius 1 is 0.828 bits per heavy atom. The molecule has 0 radical (unpaired) electrons. The lowest BCUT2D eigenvalue weighted by Gasteiger charge is -2.13. The van der Waals surface area contributed by atoms with Gasteiger partial charge < -0.3 is 0 Å². The number of aryl methyl sites for hydroxylation is 3. The van der Waals surface area contributed by atoms with E-state index in [1.807, 2.05) is 0 Å². The molecule has 0 N–H and O–H groups in total. The fourth-order valence-corrected chi connectivity index (χ4v) is 5.01. The number of rotatable bonds is 3. The van der Waals surface area contributed by atoms with Crippen LogP contribution >= 0.6 is 0 Å². The van der Waals surface area contributed by atoms with Crippen molar-refractivity contribution in [2.24, 2.45) is 7.05 Å². The van der Waals surface area contributed by atoms with Crippen molar-refractivity contribution in [2.75, 3.05) is 0 Å². The molecule has 0 atom stereocenters. The first-order chi connectivity index (χ1) is 14.1. The van der Waals surface area contributed by atoms with Gasteiger partial charge in [0.1, 0.15) is 6.04 Å². The number of imidazole rings is 1. The summed E-state index contributed by atoms with van der Waals surface area (Å²) in [5.41, 5.74) is 9.24. The molecule has 3 aromatic carbocycles. The molecule has 2 nitrogen and oxygen atoms in total. The van der Waals surface area contributed by atoms with Crippen molar-refractivity contribution in [2.45, 2.75) is 45.6 Å². The highest BCUT2D eigenvalue weighted by atomic mass is 15.2. The Labute approximate surface area is 173 Å². The van der Waals surface area contributed by atoms with Gasteiger partial charge in [0.15, 0.2) is 11.0 Å². The van der Waals surface area contributed by atoms with Crippen LogP contribution in [0.5, 0.6) is 0 Å². The third-order valence-corrected chi connectivity index (χ3v) is 6.57. The second-order valence-electron chi connectivity index (χ2n) is 8.58. The summed E-state index contributed by atoms with van der Waals surface area (Å²) in [6, 6.07) is 25.1. The second kappa shape index (κ2) is 7.18. The van der Waals surface area contributed by atoms with Crippen molar-refractivity contribution < 1.29 is 4.57 Å². The van der Waals surface area contributed by atoms with E-state index in [1.165, 1.54) is 70.4 Å². The molecule has 5 rings (SSSR count). The van der Waals surface area contributed by atoms with Crippen LogP contribution in [-0.4, -0.2) is 4.57 Å². The lowest BCUT2D eigenvalue weighted by Crippen LogP contribution is -2.31. The van der Waals surface area contributed by atoms with Crippen molar-refractivity contribution in [3.8, 4) is 22.5 Å². The Morgan fingerprint density at radius 2 is 1.59 bits per heavy atom. The standard InChI is InChI=1S/C27H29N2/c1-19-13-16-25-26(17-19)28(3)27(29(25)23-11-7-8-12-23)24-18-22(15-14-20(24)2)21-9-5-4-6-10-21/h4-6,9-10,13-18,23H,7-8,11-12H2,1-3H3/q+1. The number of hydrogen-bond donors (Lipinski definition) is 0. The van der Waals surface area contributed by atoms with E-state index < -0.39 is 0 Å². The average molecular weight is 382 g/mol. The smallest absolute Gasteiger partial charge is 0.226 e. The van der Waals surface area contributed by atoms with Crippen LogP contribution in [0.2, 0.25) is 0 Å². The van der Waals surface area contributed by atoms with Gasteiger partial charge in [-0.1, -0.05) is 48.5 Å². The number of nitrogens with zero attached hydrogens (tertiary/aromatic N) is 2. The highest BCUT2D eigenvalue weighted by molar-refractivity contribution is 5.79. The lowest BCUT2D eigenvalue weighted by molar-refractivity contribution is -0.634. The molecular formula is C27H29N2+. The van der Waals surface area contributed by atoms with Gasteiger partial charge in [-0.05, 0) is 80.0 Å². The molecule has 1 aliphatic carbocycles. The molecule has 2 heteroatoms. The molecule has 4 aromatic rings. The zero-order valence-corrected chi connectivity index (χ0v) is 17.7. The van der Waals surface area contributed by atoms with E-state index >= 15 is 0 Å². The van der Waals surface area contributed by atoms with Crippen LogP contribution < -0.4 is 4.57 Å². The van der Waals surface area contributed by atoms with Crippen LogP contribution in [0.15, 0.2) is 66.7 Å². The first-order valence-electron chi connectivity index (χ1n) is 10.8. The summed E-state index contributed by atoms with van der Waals surface area (Å²) < 4.78 is 5.05. The van der Waals surface area contributed by atoms with Gasteiger partial charge in [0.2, 0.25) is 0 Å². The SMILES string of the molecule is Cc1ccc2c(c1)[n+](C)c(-c1cc(-c3ccccc3)ccc1C)n2C1CCCC1. The Bertz CT molecular complexity index is 1180. The van der Waals surface area contributed by atoms with Gasteiger partial charge in [-0.2, -0.15) is 0 Å². The van der Waals surface area contributed by atoms with Crippen LogP contribution in [-0.2, 0) is 7.05 Å². The van der Waals surface area contributed by atoms with Crippen molar-refractivity contribution in [1.82, 2.24) is 4.57 Å². The van der Waals surface area contributed by atoms with Crippen molar-refractivity contribution in [1.29, 1.82) is 0 Å². The number of fused-ring (bicyclic) bond motifs is 1. The highest BCUT2D eigenvalue weighted by Crippen LogP contribution is 2.38. The van der Waals surface area contributed by atoms with Crippen LogP contribution in [0.3, 0.4) is 0 Å². The Morgan fingerprint density at radius 3 is 2.34 bits per heavy atom. The molecule has 0 bridgehead atoms. The zero-order chi connectivity index (χ0) is 20.0. The first kappa shape index (κ1) is 18.2. The van der Waals surface area contributed by atoms with E-state index in [-0.39, 0.29) is 0 Å². The van der Waals surface area contributed by atoms with Crippen LogP contribution in [0, 0.1) is 13.8 Å². The van der Waals surface area contributed by atoms with Crippen LogP contribution in [0.4, 0.5) is 0 Å². The Kier molecular flexibility index (Phi) is 4.50. The molecule has 1 aliphatic rings. The molecule has 146 valence electrons. The molecule has 0 spiro atoms. The normalized spacial score (nSPS) is 14.7. The zero-order valence-electron chi connectivity index (χ0n) is 17.7. The molecule has 0 saturated heterocycles. The van der Waals surface area contributed by atoms with Crippen LogP contribution in [0.1, 0.15) is 42.9 Å². The molecule has 1 fully saturated rings. The molecule has 1 saturated carbocycles. The van der Waals surface area contributed by atoms with Crippen molar-refractivity contribution in [3.05, 3.63) is 77.9 Å². The van der Waals surface area contributed by atoms with Gasteiger partial charge in [-0.25, -0.2) is 9.13 Å². The minimum Gasteiger partial charge on any atom is -0.226 e. The van der Waals surface area contributed by atoms with Gasteiger partial charge in [0, 0.05) is 0 Å². The molecule has 0 aliphatic heterocycles. The fraction of sp³-hybridized carbons (Fsp3) is 0.296. The number of hydrogen-bond acceptors (Lipinski definition) is 0.